The van der Waals surface area contributed by atoms with Crippen molar-refractivity contribution < 1.29 is 28.4 Å². The fraction of sp³-hybridized carbons (Fsp3) is 0.903. The summed E-state index contributed by atoms with van der Waals surface area (Å²) in [5.74, 6) is -0.176. The van der Waals surface area contributed by atoms with Crippen molar-refractivity contribution in [3.63, 3.8) is 0 Å². The molecule has 0 fully saturated rings. The van der Waals surface area contributed by atoms with E-state index in [-0.39, 0.29) is 25.7 Å². The molecule has 0 spiro atoms. The molecule has 0 aliphatic carbocycles. The van der Waals surface area contributed by atoms with Crippen LogP contribution >= 0.6 is 7.82 Å². The maximum atomic E-state index is 12.6. The summed E-state index contributed by atoms with van der Waals surface area (Å²) < 4.78 is 21.9. The lowest BCUT2D eigenvalue weighted by Gasteiger charge is -2.25. The van der Waals surface area contributed by atoms with E-state index in [0.717, 1.165) is 51.4 Å². The summed E-state index contributed by atoms with van der Waals surface area (Å²) in [7, 11) is -4.30. The van der Waals surface area contributed by atoms with Crippen LogP contribution in [-0.2, 0) is 18.4 Å². The average Bonchev–Trinajstić information content (AvgIpc) is 2.93. The largest absolute Gasteiger partial charge is 0.472 e. The molecule has 0 aliphatic heterocycles. The van der Waals surface area contributed by atoms with Crippen LogP contribution in [0.4, 0.5) is 0 Å². The van der Waals surface area contributed by atoms with Crippen molar-refractivity contribution in [1.29, 1.82) is 0 Å². The molecule has 1 amide bonds. The number of phosphoric acid groups is 1. The highest BCUT2D eigenvalue weighted by atomic mass is 31.2. The second kappa shape index (κ2) is 28.4. The molecule has 0 aromatic carbocycles. The minimum absolute atomic E-state index is 0.0883. The van der Waals surface area contributed by atoms with Gasteiger partial charge in [-0.2, -0.15) is 0 Å². The second-order valence-corrected chi connectivity index (χ2v) is 12.5. The maximum absolute atomic E-state index is 12.6. The quantitative estimate of drug-likeness (QED) is 0.0383. The fourth-order valence-corrected chi connectivity index (χ4v) is 5.36. The molecule has 0 radical (unpaired) electrons. The van der Waals surface area contributed by atoms with Crippen LogP contribution in [-0.4, -0.2) is 47.8 Å². The van der Waals surface area contributed by atoms with Crippen molar-refractivity contribution in [2.75, 3.05) is 19.8 Å². The number of allylic oxidation sites excluding steroid dienone is 2. The van der Waals surface area contributed by atoms with E-state index >= 15 is 0 Å². The number of rotatable bonds is 30. The van der Waals surface area contributed by atoms with Crippen molar-refractivity contribution in [3.8, 4) is 0 Å². The van der Waals surface area contributed by atoms with Crippen LogP contribution in [0.25, 0.3) is 0 Å². The van der Waals surface area contributed by atoms with Gasteiger partial charge in [0.15, 0.2) is 0 Å². The summed E-state index contributed by atoms with van der Waals surface area (Å²) in [5.41, 5.74) is 5.33. The molecular weight excluding hydrogens is 527 g/mol. The van der Waals surface area contributed by atoms with E-state index in [1.54, 1.807) is 0 Å². The second-order valence-electron chi connectivity index (χ2n) is 11.0. The zero-order chi connectivity index (χ0) is 29.7. The molecule has 0 rings (SSSR count). The number of hydrogen-bond donors (Lipinski definition) is 4. The third-order valence-electron chi connectivity index (χ3n) is 7.12. The van der Waals surface area contributed by atoms with Gasteiger partial charge in [-0.15, -0.1) is 0 Å². The third kappa shape index (κ3) is 26.2. The van der Waals surface area contributed by atoms with Crippen LogP contribution in [0.3, 0.4) is 0 Å². The van der Waals surface area contributed by atoms with Gasteiger partial charge in [0, 0.05) is 13.0 Å². The first-order valence-electron chi connectivity index (χ1n) is 16.3. The highest BCUT2D eigenvalue weighted by Gasteiger charge is 2.27. The smallest absolute Gasteiger partial charge is 0.391 e. The normalized spacial score (nSPS) is 14.8. The van der Waals surface area contributed by atoms with Crippen LogP contribution in [0.1, 0.15) is 149 Å². The number of nitrogens with two attached hydrogens (primary N) is 1. The van der Waals surface area contributed by atoms with Gasteiger partial charge in [0.2, 0.25) is 5.91 Å². The Bertz CT molecular complexity index is 649. The molecule has 8 nitrogen and oxygen atoms in total. The van der Waals surface area contributed by atoms with E-state index < -0.39 is 20.0 Å². The van der Waals surface area contributed by atoms with Crippen molar-refractivity contribution in [2.45, 2.75) is 161 Å². The molecule has 3 unspecified atom stereocenters. The van der Waals surface area contributed by atoms with Crippen LogP contribution in [0.15, 0.2) is 12.2 Å². The third-order valence-corrected chi connectivity index (χ3v) is 8.10. The fourth-order valence-electron chi connectivity index (χ4n) is 4.60. The van der Waals surface area contributed by atoms with Gasteiger partial charge in [-0.3, -0.25) is 13.8 Å². The highest BCUT2D eigenvalue weighted by molar-refractivity contribution is 7.47. The predicted molar refractivity (Wildman–Crippen MR) is 166 cm³/mol. The Hall–Kier alpha value is -0.760. The van der Waals surface area contributed by atoms with Crippen molar-refractivity contribution in [1.82, 2.24) is 5.32 Å². The maximum Gasteiger partial charge on any atom is 0.472 e. The van der Waals surface area contributed by atoms with E-state index in [2.05, 4.69) is 31.3 Å². The molecular formula is C31H63N2O6P. The van der Waals surface area contributed by atoms with E-state index in [0.29, 0.717) is 12.8 Å². The number of hydrogen-bond acceptors (Lipinski definition) is 6. The summed E-state index contributed by atoms with van der Waals surface area (Å²) in [6, 6.07) is -0.771. The summed E-state index contributed by atoms with van der Waals surface area (Å²) in [6.07, 6.45) is 26.5. The summed E-state index contributed by atoms with van der Waals surface area (Å²) in [5, 5.41) is 13.6. The van der Waals surface area contributed by atoms with E-state index in [1.807, 2.05) is 0 Å². The van der Waals surface area contributed by atoms with Crippen molar-refractivity contribution in [3.05, 3.63) is 12.2 Å². The summed E-state index contributed by atoms with van der Waals surface area (Å²) in [6.45, 7) is 4.12. The highest BCUT2D eigenvalue weighted by Crippen LogP contribution is 2.43. The molecule has 5 N–H and O–H groups in total. The molecule has 0 aliphatic rings. The number of carbonyl (C=O) groups is 1. The number of carbonyl (C=O) groups excluding carboxylic acids is 1. The van der Waals surface area contributed by atoms with Crippen molar-refractivity contribution >= 4 is 13.7 Å². The first-order chi connectivity index (χ1) is 19.4. The molecule has 40 heavy (non-hydrogen) atoms. The van der Waals surface area contributed by atoms with Gasteiger partial charge >= 0.3 is 7.82 Å². The van der Waals surface area contributed by atoms with Crippen molar-refractivity contribution in [2.24, 2.45) is 5.73 Å². The average molecular weight is 591 g/mol. The zero-order valence-corrected chi connectivity index (χ0v) is 26.7. The lowest BCUT2D eigenvalue weighted by atomic mass is 10.0. The molecule has 3 atom stereocenters. The van der Waals surface area contributed by atoms with Gasteiger partial charge in [0.05, 0.1) is 25.4 Å². The molecule has 0 aromatic heterocycles. The number of aliphatic hydroxyl groups is 1. The first kappa shape index (κ1) is 39.2. The Morgan fingerprint density at radius 1 is 0.800 bits per heavy atom. The summed E-state index contributed by atoms with van der Waals surface area (Å²) in [4.78, 5) is 22.4. The van der Waals surface area contributed by atoms with Crippen LogP contribution < -0.4 is 11.1 Å². The van der Waals surface area contributed by atoms with Gasteiger partial charge in [-0.1, -0.05) is 116 Å². The lowest BCUT2D eigenvalue weighted by Crippen LogP contribution is -2.46. The number of amides is 1. The van der Waals surface area contributed by atoms with Crippen LogP contribution in [0.2, 0.25) is 0 Å². The SMILES string of the molecule is CCCCC/C=C\CCCCCCCC(=O)NC(COP(=O)(O)OCCN)C(O)CCCCCCCCCCC. The molecule has 0 heterocycles. The zero-order valence-electron chi connectivity index (χ0n) is 25.8. The van der Waals surface area contributed by atoms with Gasteiger partial charge in [-0.05, 0) is 38.5 Å². The van der Waals surface area contributed by atoms with E-state index in [1.165, 1.54) is 70.6 Å². The monoisotopic (exact) mass is 590 g/mol. The predicted octanol–water partition coefficient (Wildman–Crippen LogP) is 7.71. The van der Waals surface area contributed by atoms with E-state index in [4.69, 9.17) is 14.8 Å². The molecule has 0 aromatic rings. The van der Waals surface area contributed by atoms with Gasteiger partial charge in [-0.25, -0.2) is 4.57 Å². The molecule has 0 saturated carbocycles. The minimum atomic E-state index is -4.30. The first-order valence-corrected chi connectivity index (χ1v) is 17.8. The van der Waals surface area contributed by atoms with Gasteiger partial charge in [0.1, 0.15) is 0 Å². The summed E-state index contributed by atoms with van der Waals surface area (Å²) >= 11 is 0. The molecule has 9 heteroatoms. The number of nitrogens with one attached hydrogen (secondary N) is 1. The lowest BCUT2D eigenvalue weighted by molar-refractivity contribution is -0.123. The number of aliphatic hydroxyl groups excluding tert-OH is 1. The Morgan fingerprint density at radius 3 is 1.90 bits per heavy atom. The van der Waals surface area contributed by atoms with Gasteiger partial charge < -0.3 is 21.1 Å². The Balaban J connectivity index is 4.35. The van der Waals surface area contributed by atoms with Crippen LogP contribution in [0.5, 0.6) is 0 Å². The molecule has 0 bridgehead atoms. The number of unbranched alkanes of at least 4 members (excludes halogenated alkanes) is 16. The minimum Gasteiger partial charge on any atom is -0.391 e. The van der Waals surface area contributed by atoms with Gasteiger partial charge in [0.25, 0.3) is 0 Å². The topological polar surface area (TPSA) is 131 Å². The molecule has 238 valence electrons. The number of phosphoric ester groups is 1. The van der Waals surface area contributed by atoms with Crippen LogP contribution in [0, 0.1) is 0 Å². The van der Waals surface area contributed by atoms with E-state index in [9.17, 15) is 19.4 Å². The standard InChI is InChI=1S/C31H63N2O6P/c1-3-5-7-9-11-13-14-15-17-19-21-23-25-31(35)33-29(28-39-40(36,37)38-27-26-32)30(34)24-22-20-18-16-12-10-8-6-4-2/h11,13,29-30,34H,3-10,12,14-28,32H2,1-2H3,(H,33,35)(H,36,37)/b13-11-. The Morgan fingerprint density at radius 2 is 1.30 bits per heavy atom. The Kier molecular flexibility index (Phi) is 27.8. The Labute approximate surface area is 245 Å². The molecule has 0 saturated heterocycles.